The van der Waals surface area contributed by atoms with Gasteiger partial charge in [0, 0.05) is 5.70 Å². The maximum absolute atomic E-state index is 4.09. The van der Waals surface area contributed by atoms with Crippen molar-refractivity contribution in [2.45, 2.75) is 20.8 Å². The average Bonchev–Trinajstić information content (AvgIpc) is 1.65. The van der Waals surface area contributed by atoms with Crippen LogP contribution in [0.5, 0.6) is 0 Å². The number of allylic oxidation sites excluding steroid dienone is 2. The molecule has 0 rings (SSSR count). The molecule has 0 aromatic rings. The minimum atomic E-state index is 0.924. The highest BCUT2D eigenvalue weighted by molar-refractivity contribution is 9.18. The molecule has 0 saturated carbocycles. The lowest BCUT2D eigenvalue weighted by molar-refractivity contribution is 1.29. The second-order valence-corrected chi connectivity index (χ2v) is 2.69. The lowest BCUT2D eigenvalue weighted by Crippen LogP contribution is -1.74. The van der Waals surface area contributed by atoms with Gasteiger partial charge in [0.15, 0.2) is 0 Å². The molecule has 0 bridgehead atoms. The fraction of sp³-hybridized carbons (Fsp3) is 0.500. The Labute approximate surface area is 58.6 Å². The summed E-state index contributed by atoms with van der Waals surface area (Å²) in [5.41, 5.74) is 1.04. The number of hydrogen-bond donors (Lipinski definition) is 0. The SMILES string of the molecule is C/C=C(C)\N=C(/C)Br. The predicted octanol–water partition coefficient (Wildman–Crippen LogP) is 2.72. The Balaban J connectivity index is 3.89. The van der Waals surface area contributed by atoms with E-state index in [1.165, 1.54) is 0 Å². The van der Waals surface area contributed by atoms with E-state index in [0.29, 0.717) is 0 Å². The van der Waals surface area contributed by atoms with Crippen molar-refractivity contribution in [3.63, 3.8) is 0 Å². The highest BCUT2D eigenvalue weighted by Crippen LogP contribution is 1.97. The van der Waals surface area contributed by atoms with E-state index in [2.05, 4.69) is 20.9 Å². The molecule has 0 spiro atoms. The highest BCUT2D eigenvalue weighted by Gasteiger charge is 1.79. The minimum Gasteiger partial charge on any atom is -0.251 e. The van der Waals surface area contributed by atoms with Crippen molar-refractivity contribution in [2.75, 3.05) is 0 Å². The van der Waals surface area contributed by atoms with E-state index in [0.717, 1.165) is 10.3 Å². The van der Waals surface area contributed by atoms with Crippen molar-refractivity contribution in [1.29, 1.82) is 0 Å². The van der Waals surface area contributed by atoms with Crippen LogP contribution in [0, 0.1) is 0 Å². The molecular weight excluding hydrogens is 166 g/mol. The third kappa shape index (κ3) is 4.06. The van der Waals surface area contributed by atoms with Crippen LogP contribution >= 0.6 is 15.9 Å². The van der Waals surface area contributed by atoms with Gasteiger partial charge in [0.05, 0.1) is 4.62 Å². The van der Waals surface area contributed by atoms with Gasteiger partial charge in [-0.2, -0.15) is 0 Å². The normalized spacial score (nSPS) is 14.5. The Morgan fingerprint density at radius 1 is 1.50 bits per heavy atom. The van der Waals surface area contributed by atoms with Crippen LogP contribution in [-0.2, 0) is 0 Å². The first kappa shape index (κ1) is 7.89. The summed E-state index contributed by atoms with van der Waals surface area (Å²) >= 11 is 3.22. The Hall–Kier alpha value is -0.110. The molecule has 0 radical (unpaired) electrons. The molecule has 1 nitrogen and oxygen atoms in total. The molecule has 0 aliphatic carbocycles. The van der Waals surface area contributed by atoms with E-state index in [9.17, 15) is 0 Å². The number of aliphatic imine (C=N–C) groups is 1. The van der Waals surface area contributed by atoms with E-state index in [-0.39, 0.29) is 0 Å². The molecule has 0 aliphatic rings. The van der Waals surface area contributed by atoms with Gasteiger partial charge < -0.3 is 0 Å². The Morgan fingerprint density at radius 2 is 2.00 bits per heavy atom. The molecular formula is C6H10BrN. The molecule has 0 aliphatic heterocycles. The van der Waals surface area contributed by atoms with Crippen molar-refractivity contribution >= 4 is 20.6 Å². The summed E-state index contributed by atoms with van der Waals surface area (Å²) in [6.45, 7) is 5.84. The molecule has 0 amide bonds. The van der Waals surface area contributed by atoms with Crippen LogP contribution in [0.15, 0.2) is 16.8 Å². The van der Waals surface area contributed by atoms with E-state index in [4.69, 9.17) is 0 Å². The van der Waals surface area contributed by atoms with Crippen molar-refractivity contribution < 1.29 is 0 Å². The highest BCUT2D eigenvalue weighted by atomic mass is 79.9. The zero-order valence-electron chi connectivity index (χ0n) is 5.40. The molecule has 0 atom stereocenters. The lowest BCUT2D eigenvalue weighted by atomic mass is 10.5. The Bertz CT molecular complexity index is 120. The molecule has 0 aromatic carbocycles. The average molecular weight is 176 g/mol. The van der Waals surface area contributed by atoms with E-state index < -0.39 is 0 Å². The summed E-state index contributed by atoms with van der Waals surface area (Å²) in [7, 11) is 0. The van der Waals surface area contributed by atoms with Crippen LogP contribution in [0.25, 0.3) is 0 Å². The molecule has 8 heavy (non-hydrogen) atoms. The summed E-state index contributed by atoms with van der Waals surface area (Å²) in [6, 6.07) is 0. The van der Waals surface area contributed by atoms with Crippen LogP contribution in [0.2, 0.25) is 0 Å². The smallest absolute Gasteiger partial charge is 0.0801 e. The topological polar surface area (TPSA) is 12.4 Å². The maximum Gasteiger partial charge on any atom is 0.0801 e. The van der Waals surface area contributed by atoms with Gasteiger partial charge in [-0.15, -0.1) is 0 Å². The van der Waals surface area contributed by atoms with Gasteiger partial charge in [0.2, 0.25) is 0 Å². The largest absolute Gasteiger partial charge is 0.251 e. The monoisotopic (exact) mass is 175 g/mol. The van der Waals surface area contributed by atoms with Crippen LogP contribution < -0.4 is 0 Å². The van der Waals surface area contributed by atoms with Crippen molar-refractivity contribution in [1.82, 2.24) is 0 Å². The van der Waals surface area contributed by atoms with Crippen LogP contribution in [-0.4, -0.2) is 4.62 Å². The van der Waals surface area contributed by atoms with Gasteiger partial charge >= 0.3 is 0 Å². The standard InChI is InChI=1S/C6H10BrN/c1-4-5(2)8-6(3)7/h4H,1-3H3/b5-4-,8-6+. The Morgan fingerprint density at radius 3 is 2.12 bits per heavy atom. The van der Waals surface area contributed by atoms with Gasteiger partial charge in [0.25, 0.3) is 0 Å². The summed E-state index contributed by atoms with van der Waals surface area (Å²) in [5, 5.41) is 0. The first-order valence-electron chi connectivity index (χ1n) is 2.50. The fourth-order valence-corrected chi connectivity index (χ4v) is 0.587. The van der Waals surface area contributed by atoms with Crippen LogP contribution in [0.4, 0.5) is 0 Å². The first-order chi connectivity index (χ1) is 3.66. The molecule has 46 valence electrons. The van der Waals surface area contributed by atoms with Gasteiger partial charge in [-0.3, -0.25) is 4.99 Å². The van der Waals surface area contributed by atoms with Crippen molar-refractivity contribution in [3.05, 3.63) is 11.8 Å². The van der Waals surface area contributed by atoms with Gasteiger partial charge in [-0.1, -0.05) is 6.08 Å². The molecule has 0 N–H and O–H groups in total. The maximum atomic E-state index is 4.09. The quantitative estimate of drug-likeness (QED) is 0.544. The second-order valence-electron chi connectivity index (χ2n) is 1.54. The van der Waals surface area contributed by atoms with Gasteiger partial charge in [-0.25, -0.2) is 0 Å². The minimum absolute atomic E-state index is 0.924. The Kier molecular flexibility index (Phi) is 3.79. The van der Waals surface area contributed by atoms with E-state index in [1.807, 2.05) is 26.8 Å². The number of rotatable bonds is 1. The molecule has 0 unspecified atom stereocenters. The molecule has 0 heterocycles. The summed E-state index contributed by atoms with van der Waals surface area (Å²) < 4.78 is 0.924. The summed E-state index contributed by atoms with van der Waals surface area (Å²) in [6.07, 6.45) is 1.96. The zero-order chi connectivity index (χ0) is 6.57. The molecule has 0 aromatic heterocycles. The van der Waals surface area contributed by atoms with Crippen molar-refractivity contribution in [3.8, 4) is 0 Å². The van der Waals surface area contributed by atoms with Crippen LogP contribution in [0.3, 0.4) is 0 Å². The van der Waals surface area contributed by atoms with Crippen molar-refractivity contribution in [2.24, 2.45) is 4.99 Å². The fourth-order valence-electron chi connectivity index (χ4n) is 0.308. The van der Waals surface area contributed by atoms with E-state index in [1.54, 1.807) is 0 Å². The third-order valence-electron chi connectivity index (χ3n) is 0.748. The van der Waals surface area contributed by atoms with Gasteiger partial charge in [0.1, 0.15) is 0 Å². The third-order valence-corrected chi connectivity index (χ3v) is 0.926. The lowest BCUT2D eigenvalue weighted by Gasteiger charge is -1.87. The number of halogens is 1. The summed E-state index contributed by atoms with van der Waals surface area (Å²) in [4.78, 5) is 4.09. The first-order valence-corrected chi connectivity index (χ1v) is 3.30. The zero-order valence-corrected chi connectivity index (χ0v) is 6.99. The molecule has 2 heteroatoms. The van der Waals surface area contributed by atoms with E-state index >= 15 is 0 Å². The molecule has 0 saturated heterocycles. The number of hydrogen-bond acceptors (Lipinski definition) is 1. The molecule has 0 fully saturated rings. The predicted molar refractivity (Wildman–Crippen MR) is 41.5 cm³/mol. The van der Waals surface area contributed by atoms with Crippen LogP contribution in [0.1, 0.15) is 20.8 Å². The van der Waals surface area contributed by atoms with Gasteiger partial charge in [-0.05, 0) is 36.7 Å². The number of nitrogens with zero attached hydrogens (tertiary/aromatic N) is 1. The second kappa shape index (κ2) is 3.84. The summed E-state index contributed by atoms with van der Waals surface area (Å²) in [5.74, 6) is 0.